The molecule has 3 aliphatic heterocycles. The first-order valence-electron chi connectivity index (χ1n) is 16.7. The number of likely N-dealkylation sites (N-methyl/N-ethyl adjacent to an activating group) is 1. The van der Waals surface area contributed by atoms with Crippen LogP contribution in [-0.4, -0.2) is 123 Å². The normalized spacial score (nSPS) is 19.1. The van der Waals surface area contributed by atoms with Gasteiger partial charge in [-0.1, -0.05) is 6.42 Å². The maximum absolute atomic E-state index is 13.6. The van der Waals surface area contributed by atoms with Crippen molar-refractivity contribution in [3.63, 3.8) is 0 Å². The van der Waals surface area contributed by atoms with Crippen LogP contribution < -0.4 is 19.7 Å². The summed E-state index contributed by atoms with van der Waals surface area (Å²) in [5.74, 6) is 1.42. The summed E-state index contributed by atoms with van der Waals surface area (Å²) in [4.78, 5) is 33.4. The van der Waals surface area contributed by atoms with Crippen LogP contribution in [0, 0.1) is 0 Å². The molecule has 1 aromatic heterocycles. The molecule has 10 heteroatoms. The van der Waals surface area contributed by atoms with Crippen molar-refractivity contribution in [2.45, 2.75) is 44.6 Å². The molecule has 0 spiro atoms. The Morgan fingerprint density at radius 3 is 2.24 bits per heavy atom. The molecule has 10 nitrogen and oxygen atoms in total. The van der Waals surface area contributed by atoms with Crippen molar-refractivity contribution in [3.8, 4) is 22.9 Å². The Morgan fingerprint density at radius 1 is 0.867 bits per heavy atom. The molecule has 0 unspecified atom stereocenters. The van der Waals surface area contributed by atoms with Gasteiger partial charge in [-0.3, -0.25) is 4.79 Å². The van der Waals surface area contributed by atoms with E-state index in [1.807, 2.05) is 18.2 Å². The second-order valence-corrected chi connectivity index (χ2v) is 12.7. The monoisotopic (exact) mass is 615 g/mol. The van der Waals surface area contributed by atoms with Crippen LogP contribution in [0.3, 0.4) is 0 Å². The van der Waals surface area contributed by atoms with Gasteiger partial charge < -0.3 is 34.4 Å². The van der Waals surface area contributed by atoms with E-state index in [1.54, 1.807) is 20.3 Å². The lowest BCUT2D eigenvalue weighted by molar-refractivity contribution is 0.0902. The van der Waals surface area contributed by atoms with E-state index in [0.717, 1.165) is 63.8 Å². The Balaban J connectivity index is 1.13. The number of rotatable bonds is 10. The minimum atomic E-state index is -0.200. The van der Waals surface area contributed by atoms with Crippen molar-refractivity contribution in [2.75, 3.05) is 91.6 Å². The van der Waals surface area contributed by atoms with Crippen LogP contribution in [-0.2, 0) is 0 Å². The van der Waals surface area contributed by atoms with Crippen molar-refractivity contribution in [2.24, 2.45) is 0 Å². The number of carbonyl (C=O) groups excluding carboxylic acids is 1. The highest BCUT2D eigenvalue weighted by Crippen LogP contribution is 2.34. The maximum Gasteiger partial charge on any atom is 0.270 e. The third-order valence-electron chi connectivity index (χ3n) is 9.81. The average molecular weight is 616 g/mol. The molecule has 1 N–H and O–H groups in total. The summed E-state index contributed by atoms with van der Waals surface area (Å²) < 4.78 is 11.1. The number of ether oxygens (including phenoxy) is 2. The first kappa shape index (κ1) is 31.5. The zero-order chi connectivity index (χ0) is 31.2. The van der Waals surface area contributed by atoms with E-state index >= 15 is 0 Å². The van der Waals surface area contributed by atoms with Crippen LogP contribution in [0.25, 0.3) is 22.3 Å². The first-order valence-corrected chi connectivity index (χ1v) is 16.7. The summed E-state index contributed by atoms with van der Waals surface area (Å²) in [7, 11) is 5.36. The topological polar surface area (TPSA) is 86.3 Å². The molecule has 242 valence electrons. The molecular formula is C35H49N7O3. The number of hydrogen-bond donors (Lipinski definition) is 1. The number of fused-ring (bicyclic) bond motifs is 1. The van der Waals surface area contributed by atoms with Crippen molar-refractivity contribution < 1.29 is 14.3 Å². The second-order valence-electron chi connectivity index (χ2n) is 12.7. The minimum Gasteiger partial charge on any atom is -0.493 e. The summed E-state index contributed by atoms with van der Waals surface area (Å²) in [6.45, 7) is 10.5. The van der Waals surface area contributed by atoms with Crippen molar-refractivity contribution >= 4 is 22.5 Å². The van der Waals surface area contributed by atoms with Crippen LogP contribution in [0.15, 0.2) is 36.4 Å². The number of piperidine rings is 2. The van der Waals surface area contributed by atoms with Gasteiger partial charge in [0.15, 0.2) is 17.3 Å². The van der Waals surface area contributed by atoms with Crippen LogP contribution in [0.5, 0.6) is 11.5 Å². The lowest BCUT2D eigenvalue weighted by atomic mass is 10.00. The molecule has 3 aliphatic rings. The predicted molar refractivity (Wildman–Crippen MR) is 180 cm³/mol. The Labute approximate surface area is 267 Å². The fraction of sp³-hybridized carbons (Fsp3) is 0.571. The highest BCUT2D eigenvalue weighted by molar-refractivity contribution is 6.05. The van der Waals surface area contributed by atoms with Gasteiger partial charge in [0.2, 0.25) is 0 Å². The van der Waals surface area contributed by atoms with E-state index in [4.69, 9.17) is 19.4 Å². The lowest BCUT2D eigenvalue weighted by Crippen LogP contribution is -2.47. The van der Waals surface area contributed by atoms with E-state index in [1.165, 1.54) is 50.9 Å². The number of likely N-dealkylation sites (tertiary alicyclic amines) is 2. The fourth-order valence-corrected chi connectivity index (χ4v) is 7.02. The smallest absolute Gasteiger partial charge is 0.270 e. The molecule has 3 fully saturated rings. The molecule has 0 atom stereocenters. The van der Waals surface area contributed by atoms with Gasteiger partial charge in [-0.25, -0.2) is 9.97 Å². The lowest BCUT2D eigenvalue weighted by Gasteiger charge is -2.40. The van der Waals surface area contributed by atoms with Crippen molar-refractivity contribution in [1.82, 2.24) is 30.0 Å². The zero-order valence-corrected chi connectivity index (χ0v) is 27.3. The summed E-state index contributed by atoms with van der Waals surface area (Å²) in [6.07, 6.45) is 7.51. The molecule has 3 saturated heterocycles. The molecular weight excluding hydrogens is 566 g/mol. The molecule has 0 aliphatic carbocycles. The largest absolute Gasteiger partial charge is 0.493 e. The predicted octanol–water partition coefficient (Wildman–Crippen LogP) is 4.14. The molecule has 3 aromatic rings. The van der Waals surface area contributed by atoms with Crippen molar-refractivity contribution in [3.05, 3.63) is 42.1 Å². The molecule has 1 amide bonds. The summed E-state index contributed by atoms with van der Waals surface area (Å²) >= 11 is 0. The van der Waals surface area contributed by atoms with Gasteiger partial charge in [0.05, 0.1) is 19.7 Å². The number of nitrogens with zero attached hydrogens (tertiary/aromatic N) is 6. The maximum atomic E-state index is 13.6. The zero-order valence-electron chi connectivity index (χ0n) is 27.3. The summed E-state index contributed by atoms with van der Waals surface area (Å²) in [6, 6.07) is 12.7. The molecule has 0 saturated carbocycles. The minimum absolute atomic E-state index is 0.200. The van der Waals surface area contributed by atoms with E-state index in [2.05, 4.69) is 44.1 Å². The number of benzene rings is 2. The number of anilines is 1. The highest BCUT2D eigenvalue weighted by Gasteiger charge is 2.25. The molecule has 6 rings (SSSR count). The quantitative estimate of drug-likeness (QED) is 0.339. The van der Waals surface area contributed by atoms with Gasteiger partial charge in [-0.15, -0.1) is 0 Å². The molecule has 45 heavy (non-hydrogen) atoms. The SMILES string of the molecule is COc1cc2nc(-c3ccc(N4CCN(C)CC4)cc3)nc(C(=O)NCCCN3CCC(N4CCCCC4)CC3)c2cc1OC. The van der Waals surface area contributed by atoms with Crippen molar-refractivity contribution in [1.29, 1.82) is 0 Å². The average Bonchev–Trinajstić information content (AvgIpc) is 3.10. The van der Waals surface area contributed by atoms with Gasteiger partial charge in [0, 0.05) is 61.5 Å². The number of aromatic nitrogens is 2. The van der Waals surface area contributed by atoms with Gasteiger partial charge >= 0.3 is 0 Å². The van der Waals surface area contributed by atoms with Crippen LogP contribution in [0.2, 0.25) is 0 Å². The van der Waals surface area contributed by atoms with Crippen LogP contribution in [0.1, 0.15) is 49.0 Å². The van der Waals surface area contributed by atoms with Gasteiger partial charge in [-0.05, 0) is 102 Å². The Kier molecular flexibility index (Phi) is 10.3. The van der Waals surface area contributed by atoms with E-state index in [9.17, 15) is 4.79 Å². The summed E-state index contributed by atoms with van der Waals surface area (Å²) in [5.41, 5.74) is 3.04. The van der Waals surface area contributed by atoms with E-state index < -0.39 is 0 Å². The number of amides is 1. The number of methoxy groups -OCH3 is 2. The molecule has 0 radical (unpaired) electrons. The Hall–Kier alpha value is -3.47. The third kappa shape index (κ3) is 7.51. The number of piperazine rings is 1. The van der Waals surface area contributed by atoms with Gasteiger partial charge in [0.25, 0.3) is 5.91 Å². The third-order valence-corrected chi connectivity index (χ3v) is 9.81. The number of hydrogen-bond acceptors (Lipinski definition) is 9. The fourth-order valence-electron chi connectivity index (χ4n) is 7.02. The highest BCUT2D eigenvalue weighted by atomic mass is 16.5. The Bertz CT molecular complexity index is 1430. The molecule has 2 aromatic carbocycles. The Morgan fingerprint density at radius 2 is 1.56 bits per heavy atom. The van der Waals surface area contributed by atoms with Crippen LogP contribution in [0.4, 0.5) is 5.69 Å². The molecule has 4 heterocycles. The van der Waals surface area contributed by atoms with E-state index in [-0.39, 0.29) is 5.91 Å². The first-order chi connectivity index (χ1) is 22.0. The number of nitrogens with one attached hydrogen (secondary N) is 1. The second kappa shape index (κ2) is 14.7. The van der Waals surface area contributed by atoms with Gasteiger partial charge in [0.1, 0.15) is 5.69 Å². The summed E-state index contributed by atoms with van der Waals surface area (Å²) in [5, 5.41) is 3.79. The number of carbonyl (C=O) groups is 1. The van der Waals surface area contributed by atoms with Crippen LogP contribution >= 0.6 is 0 Å². The molecule has 0 bridgehead atoms. The van der Waals surface area contributed by atoms with E-state index in [0.29, 0.717) is 40.5 Å². The standard InChI is InChI=1S/C35H49N7O3/c1-39-20-22-42(23-21-39)27-10-8-26(9-11-27)34-37-30-25-32(45-3)31(44-2)24-29(30)33(38-34)35(43)36-14-7-15-40-18-12-28(13-19-40)41-16-5-4-6-17-41/h8-11,24-25,28H,4-7,12-23H2,1-3H3,(H,36,43). The van der Waals surface area contributed by atoms with Gasteiger partial charge in [-0.2, -0.15) is 0 Å².